The van der Waals surface area contributed by atoms with Crippen molar-refractivity contribution in [2.45, 2.75) is 33.1 Å². The van der Waals surface area contributed by atoms with Crippen molar-refractivity contribution in [3.05, 3.63) is 42.6 Å². The Morgan fingerprint density at radius 2 is 1.86 bits per heavy atom. The second-order valence-electron chi connectivity index (χ2n) is 8.61. The summed E-state index contributed by atoms with van der Waals surface area (Å²) >= 11 is 0. The molecule has 1 aliphatic heterocycles. The third kappa shape index (κ3) is 4.70. The van der Waals surface area contributed by atoms with Crippen molar-refractivity contribution >= 4 is 16.6 Å². The van der Waals surface area contributed by atoms with E-state index in [9.17, 15) is 4.79 Å². The number of carbonyl (C=O) groups is 1. The summed E-state index contributed by atoms with van der Waals surface area (Å²) in [6, 6.07) is 4.08. The average Bonchev–Trinajstić information content (AvgIpc) is 3.14. The molecule has 0 amide bonds. The second-order valence-corrected chi connectivity index (χ2v) is 8.61. The van der Waals surface area contributed by atoms with Gasteiger partial charge in [-0.2, -0.15) is 5.10 Å². The number of rotatable bonds is 6. The van der Waals surface area contributed by atoms with E-state index in [0.717, 1.165) is 60.2 Å². The highest BCUT2D eigenvalue weighted by Crippen LogP contribution is 2.24. The molecule has 3 aromatic heterocycles. The van der Waals surface area contributed by atoms with Gasteiger partial charge >= 0.3 is 0 Å². The standard InChI is InChI=1S/C23H29N5O/c1-16(2)14-28-6-4-17(5-7-28)23(29)10-21-8-18-9-22(20-13-26-27(3)15-20)25-12-19(18)11-24-21/h8-9,11-13,15-17H,4-7,10,14H2,1-3H3. The van der Waals surface area contributed by atoms with Gasteiger partial charge < -0.3 is 4.90 Å². The lowest BCUT2D eigenvalue weighted by Gasteiger charge is -2.32. The van der Waals surface area contributed by atoms with Gasteiger partial charge in [0.25, 0.3) is 0 Å². The summed E-state index contributed by atoms with van der Waals surface area (Å²) in [4.78, 5) is 24.4. The number of nitrogens with zero attached hydrogens (tertiary/aromatic N) is 5. The van der Waals surface area contributed by atoms with Crippen LogP contribution in [0.15, 0.2) is 36.9 Å². The maximum atomic E-state index is 12.8. The Kier molecular flexibility index (Phi) is 5.72. The van der Waals surface area contributed by atoms with Crippen molar-refractivity contribution in [2.24, 2.45) is 18.9 Å². The molecule has 29 heavy (non-hydrogen) atoms. The molecule has 0 radical (unpaired) electrons. The number of aryl methyl sites for hydroxylation is 1. The summed E-state index contributed by atoms with van der Waals surface area (Å²) in [6.07, 6.45) is 9.76. The van der Waals surface area contributed by atoms with Gasteiger partial charge in [0.15, 0.2) is 0 Å². The molecule has 0 unspecified atom stereocenters. The van der Waals surface area contributed by atoms with Gasteiger partial charge in [-0.1, -0.05) is 13.8 Å². The van der Waals surface area contributed by atoms with E-state index in [-0.39, 0.29) is 5.92 Å². The summed E-state index contributed by atoms with van der Waals surface area (Å²) in [5.74, 6) is 1.16. The van der Waals surface area contributed by atoms with Gasteiger partial charge in [-0.25, -0.2) is 0 Å². The number of hydrogen-bond acceptors (Lipinski definition) is 5. The van der Waals surface area contributed by atoms with Crippen LogP contribution in [0, 0.1) is 11.8 Å². The molecule has 0 aromatic carbocycles. The highest BCUT2D eigenvalue weighted by atomic mass is 16.1. The van der Waals surface area contributed by atoms with Gasteiger partial charge in [-0.05, 0) is 49.4 Å². The summed E-state index contributed by atoms with van der Waals surface area (Å²) in [5.41, 5.74) is 2.71. The molecule has 6 heteroatoms. The fraction of sp³-hybridized carbons (Fsp3) is 0.478. The van der Waals surface area contributed by atoms with Gasteiger partial charge in [-0.3, -0.25) is 19.4 Å². The van der Waals surface area contributed by atoms with Crippen LogP contribution in [0.25, 0.3) is 22.0 Å². The minimum absolute atomic E-state index is 0.166. The Labute approximate surface area is 172 Å². The molecule has 1 fully saturated rings. The number of aromatic nitrogens is 4. The first-order chi connectivity index (χ1) is 14.0. The molecule has 0 aliphatic carbocycles. The highest BCUT2D eigenvalue weighted by Gasteiger charge is 2.25. The molecule has 0 spiro atoms. The number of hydrogen-bond donors (Lipinski definition) is 0. The molecular weight excluding hydrogens is 362 g/mol. The fourth-order valence-corrected chi connectivity index (χ4v) is 4.17. The summed E-state index contributed by atoms with van der Waals surface area (Å²) in [5, 5.41) is 6.26. The number of pyridine rings is 2. The molecule has 1 saturated heterocycles. The number of carbonyl (C=O) groups excluding carboxylic acids is 1. The van der Waals surface area contributed by atoms with Crippen LogP contribution in [0.3, 0.4) is 0 Å². The Morgan fingerprint density at radius 3 is 2.55 bits per heavy atom. The number of fused-ring (bicyclic) bond motifs is 1. The first kappa shape index (κ1) is 19.7. The van der Waals surface area contributed by atoms with E-state index < -0.39 is 0 Å². The Balaban J connectivity index is 1.44. The van der Waals surface area contributed by atoms with Crippen LogP contribution >= 0.6 is 0 Å². The number of likely N-dealkylation sites (tertiary alicyclic amines) is 1. The maximum Gasteiger partial charge on any atom is 0.142 e. The molecule has 1 aliphatic rings. The zero-order valence-electron chi connectivity index (χ0n) is 17.5. The smallest absolute Gasteiger partial charge is 0.142 e. The van der Waals surface area contributed by atoms with Crippen molar-refractivity contribution < 1.29 is 4.79 Å². The van der Waals surface area contributed by atoms with Crippen LogP contribution in [0.2, 0.25) is 0 Å². The van der Waals surface area contributed by atoms with E-state index in [4.69, 9.17) is 0 Å². The van der Waals surface area contributed by atoms with Crippen LogP contribution in [0.4, 0.5) is 0 Å². The summed E-state index contributed by atoms with van der Waals surface area (Å²) in [7, 11) is 1.89. The first-order valence-corrected chi connectivity index (χ1v) is 10.5. The zero-order chi connectivity index (χ0) is 20.4. The van der Waals surface area contributed by atoms with Crippen molar-refractivity contribution in [2.75, 3.05) is 19.6 Å². The lowest BCUT2D eigenvalue weighted by molar-refractivity contribution is -0.123. The van der Waals surface area contributed by atoms with Gasteiger partial charge in [-0.15, -0.1) is 0 Å². The van der Waals surface area contributed by atoms with Gasteiger partial charge in [0.05, 0.1) is 11.9 Å². The third-order valence-electron chi connectivity index (χ3n) is 5.68. The molecule has 3 aromatic rings. The van der Waals surface area contributed by atoms with Gasteiger partial charge in [0.2, 0.25) is 0 Å². The zero-order valence-corrected chi connectivity index (χ0v) is 17.5. The molecule has 4 heterocycles. The Morgan fingerprint density at radius 1 is 1.10 bits per heavy atom. The van der Waals surface area contributed by atoms with Crippen molar-refractivity contribution in [1.29, 1.82) is 0 Å². The van der Waals surface area contributed by atoms with Crippen LogP contribution in [-0.4, -0.2) is 50.1 Å². The molecule has 4 rings (SSSR count). The van der Waals surface area contributed by atoms with Crippen LogP contribution < -0.4 is 0 Å². The van der Waals surface area contributed by atoms with Crippen LogP contribution in [0.5, 0.6) is 0 Å². The van der Waals surface area contributed by atoms with E-state index in [0.29, 0.717) is 18.1 Å². The average molecular weight is 392 g/mol. The van der Waals surface area contributed by atoms with Crippen molar-refractivity contribution in [3.63, 3.8) is 0 Å². The summed E-state index contributed by atoms with van der Waals surface area (Å²) < 4.78 is 1.77. The molecular formula is C23H29N5O. The Bertz CT molecular complexity index is 1000. The maximum absolute atomic E-state index is 12.8. The van der Waals surface area contributed by atoms with Crippen molar-refractivity contribution in [3.8, 4) is 11.3 Å². The van der Waals surface area contributed by atoms with E-state index in [1.54, 1.807) is 4.68 Å². The normalized spacial score (nSPS) is 16.0. The predicted molar refractivity (Wildman–Crippen MR) is 114 cm³/mol. The quantitative estimate of drug-likeness (QED) is 0.643. The van der Waals surface area contributed by atoms with E-state index in [1.807, 2.05) is 44.0 Å². The SMILES string of the molecule is CC(C)CN1CCC(C(=O)Cc2cc3cc(-c4cnn(C)c4)ncc3cn2)CC1. The van der Waals surface area contributed by atoms with Crippen molar-refractivity contribution in [1.82, 2.24) is 24.6 Å². The number of ketones is 1. The molecule has 6 nitrogen and oxygen atoms in total. The number of piperidine rings is 1. The second kappa shape index (κ2) is 8.41. The molecule has 0 bridgehead atoms. The van der Waals surface area contributed by atoms with E-state index >= 15 is 0 Å². The highest BCUT2D eigenvalue weighted by molar-refractivity contribution is 5.87. The summed E-state index contributed by atoms with van der Waals surface area (Å²) in [6.45, 7) is 7.68. The molecule has 0 saturated carbocycles. The largest absolute Gasteiger partial charge is 0.303 e. The Hall–Kier alpha value is -2.60. The minimum Gasteiger partial charge on any atom is -0.303 e. The lowest BCUT2D eigenvalue weighted by atomic mass is 9.89. The molecule has 0 atom stereocenters. The first-order valence-electron chi connectivity index (χ1n) is 10.5. The van der Waals surface area contributed by atoms with E-state index in [1.165, 1.54) is 0 Å². The molecule has 152 valence electrons. The third-order valence-corrected chi connectivity index (χ3v) is 5.68. The van der Waals surface area contributed by atoms with Crippen LogP contribution in [-0.2, 0) is 18.3 Å². The monoisotopic (exact) mass is 391 g/mol. The van der Waals surface area contributed by atoms with E-state index in [2.05, 4.69) is 33.8 Å². The van der Waals surface area contributed by atoms with Crippen LogP contribution in [0.1, 0.15) is 32.4 Å². The van der Waals surface area contributed by atoms with Gasteiger partial charge in [0.1, 0.15) is 5.78 Å². The van der Waals surface area contributed by atoms with Gasteiger partial charge in [0, 0.05) is 61.2 Å². The predicted octanol–water partition coefficient (Wildman–Crippen LogP) is 3.51. The molecule has 0 N–H and O–H groups in total. The minimum atomic E-state index is 0.166. The topological polar surface area (TPSA) is 63.9 Å². The fourth-order valence-electron chi connectivity index (χ4n) is 4.17. The lowest BCUT2D eigenvalue weighted by Crippen LogP contribution is -2.38. The number of Topliss-reactive ketones (excluding diaryl/α,β-unsaturated/α-hetero) is 1.